The lowest BCUT2D eigenvalue weighted by Crippen LogP contribution is -2.34. The monoisotopic (exact) mass is 323 g/mol. The van der Waals surface area contributed by atoms with Crippen molar-refractivity contribution < 1.29 is 22.0 Å². The molecule has 0 heterocycles. The first-order valence-corrected chi connectivity index (χ1v) is 8.25. The lowest BCUT2D eigenvalue weighted by Gasteiger charge is -2.13. The van der Waals surface area contributed by atoms with Crippen molar-refractivity contribution >= 4 is 25.6 Å². The van der Waals surface area contributed by atoms with E-state index >= 15 is 0 Å². The number of nitrogens with one attached hydrogen (secondary N) is 1. The molecule has 1 aromatic rings. The summed E-state index contributed by atoms with van der Waals surface area (Å²) < 4.78 is 49.3. The van der Waals surface area contributed by atoms with Crippen LogP contribution in [0.5, 0.6) is 0 Å². The Labute approximate surface area is 119 Å². The minimum Gasteiger partial charge on any atom is -0.349 e. The van der Waals surface area contributed by atoms with E-state index in [9.17, 15) is 22.0 Å². The van der Waals surface area contributed by atoms with Crippen LogP contribution in [0.4, 0.5) is 8.78 Å². The summed E-state index contributed by atoms with van der Waals surface area (Å²) >= 11 is 0. The number of hydrogen-bond donors (Lipinski definition) is 1. The molecule has 1 N–H and O–H groups in total. The summed E-state index contributed by atoms with van der Waals surface area (Å²) in [7, 11) is 0.649. The fraction of sp³-hybridized carbons (Fsp3) is 0.417. The summed E-state index contributed by atoms with van der Waals surface area (Å²) in [5.41, 5.74) is -0.543. The number of rotatable bonds is 4. The largest absolute Gasteiger partial charge is 0.349 e. The lowest BCUT2D eigenvalue weighted by molar-refractivity contribution is 0.0931. The number of hydrogen-bond acceptors (Lipinski definition) is 3. The van der Waals surface area contributed by atoms with Crippen LogP contribution in [-0.4, -0.2) is 20.4 Å². The molecule has 1 aliphatic carbocycles. The van der Waals surface area contributed by atoms with Gasteiger partial charge in [-0.3, -0.25) is 4.79 Å². The van der Waals surface area contributed by atoms with Gasteiger partial charge in [-0.15, -0.1) is 0 Å². The standard InChI is InChI=1S/C12H12ClF2NO3S/c1-6(7-2-3-7)16-12(17)8-4-11(20(13,18)19)10(15)5-9(8)14/h4-7H,2-3H2,1H3,(H,16,17). The fourth-order valence-electron chi connectivity index (χ4n) is 1.89. The van der Waals surface area contributed by atoms with Gasteiger partial charge in [-0.1, -0.05) is 0 Å². The Hall–Kier alpha value is -1.21. The molecule has 20 heavy (non-hydrogen) atoms. The van der Waals surface area contributed by atoms with Crippen molar-refractivity contribution in [3.05, 3.63) is 29.3 Å². The normalized spacial score (nSPS) is 16.8. The zero-order chi connectivity index (χ0) is 15.1. The fourth-order valence-corrected chi connectivity index (χ4v) is 2.79. The summed E-state index contributed by atoms with van der Waals surface area (Å²) in [5.74, 6) is -2.90. The molecule has 1 saturated carbocycles. The van der Waals surface area contributed by atoms with E-state index in [-0.39, 0.29) is 6.04 Å². The van der Waals surface area contributed by atoms with Gasteiger partial charge in [-0.2, -0.15) is 0 Å². The third-order valence-corrected chi connectivity index (χ3v) is 4.55. The Balaban J connectivity index is 2.33. The quantitative estimate of drug-likeness (QED) is 0.866. The molecule has 1 aliphatic rings. The highest BCUT2D eigenvalue weighted by Gasteiger charge is 2.30. The molecule has 1 aromatic carbocycles. The first kappa shape index (κ1) is 15.2. The highest BCUT2D eigenvalue weighted by atomic mass is 35.7. The van der Waals surface area contributed by atoms with E-state index in [1.165, 1.54) is 0 Å². The Morgan fingerprint density at radius 2 is 1.95 bits per heavy atom. The van der Waals surface area contributed by atoms with Gasteiger partial charge in [0.15, 0.2) is 0 Å². The second kappa shape index (κ2) is 5.29. The van der Waals surface area contributed by atoms with Crippen LogP contribution in [0.25, 0.3) is 0 Å². The van der Waals surface area contributed by atoms with Crippen molar-refractivity contribution in [2.75, 3.05) is 0 Å². The van der Waals surface area contributed by atoms with Crippen LogP contribution >= 0.6 is 10.7 Å². The van der Waals surface area contributed by atoms with Gasteiger partial charge in [0.2, 0.25) is 0 Å². The van der Waals surface area contributed by atoms with Gasteiger partial charge < -0.3 is 5.32 Å². The molecule has 2 rings (SSSR count). The van der Waals surface area contributed by atoms with Gasteiger partial charge >= 0.3 is 0 Å². The Morgan fingerprint density at radius 3 is 2.45 bits per heavy atom. The van der Waals surface area contributed by atoms with Crippen molar-refractivity contribution in [3.63, 3.8) is 0 Å². The van der Waals surface area contributed by atoms with E-state index in [4.69, 9.17) is 10.7 Å². The van der Waals surface area contributed by atoms with Crippen molar-refractivity contribution in [2.24, 2.45) is 5.92 Å². The Kier molecular flexibility index (Phi) is 4.02. The molecule has 0 aliphatic heterocycles. The zero-order valence-corrected chi connectivity index (χ0v) is 12.1. The molecular weight excluding hydrogens is 312 g/mol. The molecule has 0 aromatic heterocycles. The third kappa shape index (κ3) is 3.27. The molecule has 0 bridgehead atoms. The number of benzene rings is 1. The van der Waals surface area contributed by atoms with Crippen LogP contribution in [0.15, 0.2) is 17.0 Å². The molecule has 1 unspecified atom stereocenters. The van der Waals surface area contributed by atoms with Gasteiger partial charge in [0, 0.05) is 22.8 Å². The summed E-state index contributed by atoms with van der Waals surface area (Å²) in [6.45, 7) is 1.77. The number of amides is 1. The maximum absolute atomic E-state index is 13.6. The molecule has 1 atom stereocenters. The van der Waals surface area contributed by atoms with Crippen LogP contribution in [0.3, 0.4) is 0 Å². The van der Waals surface area contributed by atoms with Gasteiger partial charge in [0.05, 0.1) is 5.56 Å². The molecule has 4 nitrogen and oxygen atoms in total. The van der Waals surface area contributed by atoms with E-state index in [0.717, 1.165) is 12.8 Å². The third-order valence-electron chi connectivity index (χ3n) is 3.22. The van der Waals surface area contributed by atoms with E-state index in [1.807, 2.05) is 0 Å². The zero-order valence-electron chi connectivity index (χ0n) is 10.5. The molecule has 110 valence electrons. The van der Waals surface area contributed by atoms with E-state index in [2.05, 4.69) is 5.32 Å². The van der Waals surface area contributed by atoms with Gasteiger partial charge in [0.25, 0.3) is 15.0 Å². The molecular formula is C12H12ClF2NO3S. The van der Waals surface area contributed by atoms with Crippen molar-refractivity contribution in [1.29, 1.82) is 0 Å². The minimum absolute atomic E-state index is 0.150. The van der Waals surface area contributed by atoms with Crippen molar-refractivity contribution in [1.82, 2.24) is 5.32 Å². The SMILES string of the molecule is CC(NC(=O)c1cc(S(=O)(=O)Cl)c(F)cc1F)C1CC1. The van der Waals surface area contributed by atoms with Crippen LogP contribution in [0.1, 0.15) is 30.1 Å². The van der Waals surface area contributed by atoms with Crippen LogP contribution in [-0.2, 0) is 9.05 Å². The first-order valence-electron chi connectivity index (χ1n) is 5.94. The second-order valence-corrected chi connectivity index (χ2v) is 7.33. The topological polar surface area (TPSA) is 63.2 Å². The number of carbonyl (C=O) groups is 1. The van der Waals surface area contributed by atoms with Crippen molar-refractivity contribution in [3.8, 4) is 0 Å². The summed E-state index contributed by atoms with van der Waals surface area (Å²) in [4.78, 5) is 11.0. The van der Waals surface area contributed by atoms with Crippen molar-refractivity contribution in [2.45, 2.75) is 30.7 Å². The molecule has 0 radical (unpaired) electrons. The molecule has 0 spiro atoms. The van der Waals surface area contributed by atoms with Gasteiger partial charge in [0.1, 0.15) is 16.5 Å². The highest BCUT2D eigenvalue weighted by Crippen LogP contribution is 2.32. The predicted molar refractivity (Wildman–Crippen MR) is 69.0 cm³/mol. The predicted octanol–water partition coefficient (Wildman–Crippen LogP) is 2.42. The van der Waals surface area contributed by atoms with Gasteiger partial charge in [-0.25, -0.2) is 17.2 Å². The van der Waals surface area contributed by atoms with Gasteiger partial charge in [-0.05, 0) is 31.7 Å². The smallest absolute Gasteiger partial charge is 0.264 e. The van der Waals surface area contributed by atoms with Crippen LogP contribution in [0.2, 0.25) is 0 Å². The summed E-state index contributed by atoms with van der Waals surface area (Å²) in [5, 5.41) is 2.56. The number of carbonyl (C=O) groups excluding carboxylic acids is 1. The Bertz CT molecular complexity index is 659. The second-order valence-electron chi connectivity index (χ2n) is 4.80. The Morgan fingerprint density at radius 1 is 1.35 bits per heavy atom. The van der Waals surface area contributed by atoms with Crippen LogP contribution in [0, 0.1) is 17.6 Å². The summed E-state index contributed by atoms with van der Waals surface area (Å²) in [6.07, 6.45) is 1.96. The number of halogens is 3. The summed E-state index contributed by atoms with van der Waals surface area (Å²) in [6, 6.07) is 0.802. The van der Waals surface area contributed by atoms with E-state index in [1.54, 1.807) is 6.92 Å². The molecule has 8 heteroatoms. The van der Waals surface area contributed by atoms with E-state index in [0.29, 0.717) is 18.1 Å². The first-order chi connectivity index (χ1) is 9.20. The average molecular weight is 324 g/mol. The van der Waals surface area contributed by atoms with E-state index < -0.39 is 37.1 Å². The average Bonchev–Trinajstić information content (AvgIpc) is 3.10. The maximum atomic E-state index is 13.6. The molecule has 1 amide bonds. The lowest BCUT2D eigenvalue weighted by atomic mass is 10.1. The maximum Gasteiger partial charge on any atom is 0.264 e. The molecule has 1 fully saturated rings. The molecule has 0 saturated heterocycles. The minimum atomic E-state index is -4.39. The highest BCUT2D eigenvalue weighted by molar-refractivity contribution is 8.13. The van der Waals surface area contributed by atoms with Crippen LogP contribution < -0.4 is 5.32 Å².